The molecule has 0 aromatic rings. The van der Waals surface area contributed by atoms with Crippen LogP contribution in [0.1, 0.15) is 27.7 Å². The van der Waals surface area contributed by atoms with Crippen molar-refractivity contribution < 1.29 is 18.3 Å². The van der Waals surface area contributed by atoms with Crippen molar-refractivity contribution in [2.75, 3.05) is 13.2 Å². The van der Waals surface area contributed by atoms with Gasteiger partial charge in [-0.25, -0.2) is 0 Å². The van der Waals surface area contributed by atoms with E-state index in [-0.39, 0.29) is 17.7 Å². The average Bonchev–Trinajstić information content (AvgIpc) is 2.16. The van der Waals surface area contributed by atoms with Crippen molar-refractivity contribution in [2.24, 2.45) is 0 Å². The molecule has 0 aromatic heterocycles. The Morgan fingerprint density at radius 1 is 1.31 bits per heavy atom. The molecule has 0 aliphatic carbocycles. The van der Waals surface area contributed by atoms with E-state index in [1.165, 1.54) is 0 Å². The Morgan fingerprint density at radius 2 is 1.88 bits per heavy atom. The van der Waals surface area contributed by atoms with Gasteiger partial charge in [-0.1, -0.05) is 0 Å². The van der Waals surface area contributed by atoms with Gasteiger partial charge in [0.25, 0.3) is 0 Å². The molecular formula is C10H20NO4P. The molecular weight excluding hydrogens is 229 g/mol. The normalized spacial score (nSPS) is 17.0. The van der Waals surface area contributed by atoms with Crippen LogP contribution in [0.5, 0.6) is 0 Å². The predicted molar refractivity (Wildman–Crippen MR) is 62.1 cm³/mol. The number of hydrogen-bond donors (Lipinski definition) is 1. The van der Waals surface area contributed by atoms with E-state index in [1.807, 2.05) is 27.7 Å². The SMILES string of the molecule is CC(C)OP(=O)(OC(C)C)C1=CNCCO1. The minimum atomic E-state index is -3.33. The molecule has 0 atom stereocenters. The highest BCUT2D eigenvalue weighted by molar-refractivity contribution is 7.58. The molecule has 5 nitrogen and oxygen atoms in total. The molecule has 1 N–H and O–H groups in total. The lowest BCUT2D eigenvalue weighted by Gasteiger charge is -2.26. The van der Waals surface area contributed by atoms with E-state index in [9.17, 15) is 4.57 Å². The molecule has 1 aliphatic heterocycles. The lowest BCUT2D eigenvalue weighted by atomic mass is 10.5. The molecule has 0 saturated carbocycles. The fourth-order valence-electron chi connectivity index (χ4n) is 1.26. The van der Waals surface area contributed by atoms with Gasteiger partial charge in [-0.2, -0.15) is 0 Å². The fourth-order valence-corrected chi connectivity index (χ4v) is 3.12. The average molecular weight is 249 g/mol. The van der Waals surface area contributed by atoms with Crippen LogP contribution >= 0.6 is 7.60 Å². The molecule has 0 unspecified atom stereocenters. The maximum Gasteiger partial charge on any atom is 0.397 e. The minimum Gasteiger partial charge on any atom is -0.483 e. The molecule has 0 saturated heterocycles. The Balaban J connectivity index is 2.84. The summed E-state index contributed by atoms with van der Waals surface area (Å²) in [6, 6.07) is 0. The lowest BCUT2D eigenvalue weighted by molar-refractivity contribution is 0.122. The third kappa shape index (κ3) is 3.81. The predicted octanol–water partition coefficient (Wildman–Crippen LogP) is 2.45. The van der Waals surface area contributed by atoms with E-state index in [0.717, 1.165) is 0 Å². The van der Waals surface area contributed by atoms with Crippen LogP contribution in [0.3, 0.4) is 0 Å². The molecule has 0 fully saturated rings. The topological polar surface area (TPSA) is 56.8 Å². The van der Waals surface area contributed by atoms with Gasteiger partial charge in [0.05, 0.1) is 12.2 Å². The van der Waals surface area contributed by atoms with E-state index in [4.69, 9.17) is 13.8 Å². The molecule has 6 heteroatoms. The standard InChI is InChI=1S/C10H20NO4P/c1-8(2)14-16(12,15-9(3)4)10-7-11-5-6-13-10/h7-9,11H,5-6H2,1-4H3. The number of hydrogen-bond acceptors (Lipinski definition) is 5. The van der Waals surface area contributed by atoms with Gasteiger partial charge < -0.3 is 19.1 Å². The quantitative estimate of drug-likeness (QED) is 0.758. The van der Waals surface area contributed by atoms with Crippen LogP contribution in [0.2, 0.25) is 0 Å². The zero-order chi connectivity index (χ0) is 12.2. The third-order valence-electron chi connectivity index (χ3n) is 1.69. The van der Waals surface area contributed by atoms with Crippen LogP contribution in [0.15, 0.2) is 11.7 Å². The monoisotopic (exact) mass is 249 g/mol. The lowest BCUT2D eigenvalue weighted by Crippen LogP contribution is -2.22. The Labute approximate surface area is 96.7 Å². The van der Waals surface area contributed by atoms with Crippen LogP contribution in [-0.2, 0) is 18.3 Å². The largest absolute Gasteiger partial charge is 0.483 e. The van der Waals surface area contributed by atoms with Gasteiger partial charge in [-0.15, -0.1) is 0 Å². The molecule has 16 heavy (non-hydrogen) atoms. The van der Waals surface area contributed by atoms with E-state index < -0.39 is 7.60 Å². The molecule has 0 spiro atoms. The van der Waals surface area contributed by atoms with Crippen LogP contribution < -0.4 is 5.32 Å². The van der Waals surface area contributed by atoms with Gasteiger partial charge in [0.2, 0.25) is 5.50 Å². The van der Waals surface area contributed by atoms with Crippen LogP contribution in [-0.4, -0.2) is 25.4 Å². The Hall–Kier alpha value is -0.510. The summed E-state index contributed by atoms with van der Waals surface area (Å²) in [5.74, 6) is 0. The van der Waals surface area contributed by atoms with Crippen molar-refractivity contribution >= 4 is 7.60 Å². The first-order valence-corrected chi connectivity index (χ1v) is 7.02. The van der Waals surface area contributed by atoms with E-state index in [2.05, 4.69) is 5.32 Å². The van der Waals surface area contributed by atoms with E-state index in [1.54, 1.807) is 6.20 Å². The van der Waals surface area contributed by atoms with Crippen molar-refractivity contribution in [3.8, 4) is 0 Å². The summed E-state index contributed by atoms with van der Waals surface area (Å²) in [5, 5.41) is 2.97. The Kier molecular flexibility index (Phi) is 4.84. The second-order valence-corrected chi connectivity index (χ2v) is 5.95. The fraction of sp³-hybridized carbons (Fsp3) is 0.800. The summed E-state index contributed by atoms with van der Waals surface area (Å²) in [7, 11) is -3.33. The number of rotatable bonds is 5. The molecule has 0 aromatic carbocycles. The summed E-state index contributed by atoms with van der Waals surface area (Å²) in [5.41, 5.74) is 0.265. The highest BCUT2D eigenvalue weighted by Gasteiger charge is 2.35. The Bertz CT molecular complexity index is 287. The maximum absolute atomic E-state index is 12.5. The molecule has 94 valence electrons. The third-order valence-corrected chi connectivity index (χ3v) is 3.89. The van der Waals surface area contributed by atoms with Crippen molar-refractivity contribution in [1.82, 2.24) is 5.32 Å². The van der Waals surface area contributed by atoms with Crippen LogP contribution in [0.4, 0.5) is 0 Å². The van der Waals surface area contributed by atoms with Crippen molar-refractivity contribution in [3.63, 3.8) is 0 Å². The molecule has 0 bridgehead atoms. The molecule has 1 aliphatic rings. The first kappa shape index (κ1) is 13.6. The zero-order valence-electron chi connectivity index (χ0n) is 10.2. The summed E-state index contributed by atoms with van der Waals surface area (Å²) >= 11 is 0. The number of ether oxygens (including phenoxy) is 1. The smallest absolute Gasteiger partial charge is 0.397 e. The maximum atomic E-state index is 12.5. The highest BCUT2D eigenvalue weighted by atomic mass is 31.2. The minimum absolute atomic E-state index is 0.184. The molecule has 0 amide bonds. The van der Waals surface area contributed by atoms with Crippen molar-refractivity contribution in [2.45, 2.75) is 39.9 Å². The first-order chi connectivity index (χ1) is 7.44. The second-order valence-electron chi connectivity index (χ2n) is 4.09. The molecule has 1 rings (SSSR count). The van der Waals surface area contributed by atoms with Crippen LogP contribution in [0, 0.1) is 0 Å². The molecule has 0 radical (unpaired) electrons. The van der Waals surface area contributed by atoms with Gasteiger partial charge in [-0.05, 0) is 27.7 Å². The van der Waals surface area contributed by atoms with E-state index >= 15 is 0 Å². The second kappa shape index (κ2) is 5.71. The first-order valence-electron chi connectivity index (χ1n) is 5.48. The molecule has 1 heterocycles. The summed E-state index contributed by atoms with van der Waals surface area (Å²) in [6.07, 6.45) is 1.20. The van der Waals surface area contributed by atoms with E-state index in [0.29, 0.717) is 13.2 Å². The summed E-state index contributed by atoms with van der Waals surface area (Å²) < 4.78 is 28.6. The van der Waals surface area contributed by atoms with Gasteiger partial charge in [-0.3, -0.25) is 4.57 Å². The van der Waals surface area contributed by atoms with Crippen LogP contribution in [0.25, 0.3) is 0 Å². The van der Waals surface area contributed by atoms with Crippen molar-refractivity contribution in [3.05, 3.63) is 11.7 Å². The van der Waals surface area contributed by atoms with Gasteiger partial charge in [0, 0.05) is 12.7 Å². The van der Waals surface area contributed by atoms with Crippen molar-refractivity contribution in [1.29, 1.82) is 0 Å². The zero-order valence-corrected chi connectivity index (χ0v) is 11.1. The van der Waals surface area contributed by atoms with Gasteiger partial charge in [0.1, 0.15) is 6.61 Å². The summed E-state index contributed by atoms with van der Waals surface area (Å²) in [4.78, 5) is 0. The Morgan fingerprint density at radius 3 is 2.25 bits per heavy atom. The van der Waals surface area contributed by atoms with Gasteiger partial charge >= 0.3 is 7.60 Å². The van der Waals surface area contributed by atoms with Gasteiger partial charge in [0.15, 0.2) is 0 Å². The highest BCUT2D eigenvalue weighted by Crippen LogP contribution is 2.58. The number of nitrogens with one attached hydrogen (secondary N) is 1. The summed E-state index contributed by atoms with van der Waals surface area (Å²) in [6.45, 7) is 8.42.